The first-order valence-corrected chi connectivity index (χ1v) is 13.9. The molecular formula is C31H33N7O5. The normalized spacial score (nSPS) is 11.3. The Balaban J connectivity index is 1.16. The number of nitrogens with zero attached hydrogens (tertiary/aromatic N) is 3. The molecule has 0 bridgehead atoms. The van der Waals surface area contributed by atoms with Gasteiger partial charge < -0.3 is 24.9 Å². The Labute approximate surface area is 247 Å². The molecule has 3 aromatic heterocycles. The number of carbonyl (C=O) groups excluding carboxylic acids is 2. The van der Waals surface area contributed by atoms with Crippen LogP contribution in [0.2, 0.25) is 0 Å². The molecule has 0 unspecified atom stereocenters. The van der Waals surface area contributed by atoms with E-state index in [1.807, 2.05) is 26.0 Å². The van der Waals surface area contributed by atoms with Crippen molar-refractivity contribution in [2.24, 2.45) is 0 Å². The minimum Gasteiger partial charge on any atom is -0.496 e. The van der Waals surface area contributed by atoms with E-state index in [4.69, 9.17) is 14.5 Å². The number of carbonyl (C=O) groups is 2. The minimum absolute atomic E-state index is 0.0582. The number of hydrogen-bond donors (Lipinski definition) is 5. The zero-order chi connectivity index (χ0) is 30.3. The number of nitrogens with one attached hydrogen (secondary N) is 4. The third-order valence-electron chi connectivity index (χ3n) is 7.12. The topological polar surface area (TPSA) is 167 Å². The van der Waals surface area contributed by atoms with Gasteiger partial charge in [-0.05, 0) is 62.6 Å². The van der Waals surface area contributed by atoms with Gasteiger partial charge in [-0.25, -0.2) is 15.4 Å². The van der Waals surface area contributed by atoms with Crippen LogP contribution in [0.5, 0.6) is 5.75 Å². The highest BCUT2D eigenvalue weighted by Gasteiger charge is 2.20. The van der Waals surface area contributed by atoms with Gasteiger partial charge in [-0.15, -0.1) is 0 Å². The maximum atomic E-state index is 12.4. The molecule has 2 aromatic carbocycles. The zero-order valence-electron chi connectivity index (χ0n) is 24.2. The highest BCUT2D eigenvalue weighted by Crippen LogP contribution is 2.40. The summed E-state index contributed by atoms with van der Waals surface area (Å²) < 4.78 is 11.1. The van der Waals surface area contributed by atoms with E-state index in [1.165, 1.54) is 17.9 Å². The highest BCUT2D eigenvalue weighted by molar-refractivity contribution is 6.12. The van der Waals surface area contributed by atoms with Crippen LogP contribution in [0.3, 0.4) is 0 Å². The fourth-order valence-corrected chi connectivity index (χ4v) is 5.02. The van der Waals surface area contributed by atoms with Gasteiger partial charge in [0.1, 0.15) is 29.3 Å². The zero-order valence-corrected chi connectivity index (χ0v) is 24.2. The number of hydrogen-bond acceptors (Lipinski definition) is 9. The van der Waals surface area contributed by atoms with Crippen LogP contribution in [-0.4, -0.2) is 50.8 Å². The summed E-state index contributed by atoms with van der Waals surface area (Å²) in [5, 5.41) is 20.8. The van der Waals surface area contributed by atoms with E-state index in [0.717, 1.165) is 75.2 Å². The molecule has 0 spiro atoms. The molecular weight excluding hydrogens is 550 g/mol. The number of ether oxygens (including phenoxy) is 1. The van der Waals surface area contributed by atoms with Crippen LogP contribution in [0.1, 0.15) is 42.7 Å². The Morgan fingerprint density at radius 1 is 1.09 bits per heavy atom. The summed E-state index contributed by atoms with van der Waals surface area (Å²) in [5.74, 6) is 1.49. The van der Waals surface area contributed by atoms with Gasteiger partial charge >= 0.3 is 0 Å². The maximum absolute atomic E-state index is 12.4. The third kappa shape index (κ3) is 6.65. The van der Waals surface area contributed by atoms with E-state index in [0.29, 0.717) is 24.4 Å². The highest BCUT2D eigenvalue weighted by atomic mass is 16.5. The molecule has 0 saturated carbocycles. The smallest absolute Gasteiger partial charge is 0.267 e. The average molecular weight is 584 g/mol. The van der Waals surface area contributed by atoms with E-state index in [2.05, 4.69) is 30.7 Å². The van der Waals surface area contributed by atoms with Crippen LogP contribution in [0.15, 0.2) is 53.3 Å². The molecule has 0 saturated heterocycles. The van der Waals surface area contributed by atoms with E-state index < -0.39 is 5.91 Å². The Hall–Kier alpha value is -5.23. The quantitative estimate of drug-likeness (QED) is 0.0550. The van der Waals surface area contributed by atoms with Crippen molar-refractivity contribution in [2.45, 2.75) is 39.5 Å². The average Bonchev–Trinajstić information content (AvgIpc) is 3.55. The van der Waals surface area contributed by atoms with Gasteiger partial charge in [-0.1, -0.05) is 23.7 Å². The van der Waals surface area contributed by atoms with Gasteiger partial charge in [0, 0.05) is 41.2 Å². The van der Waals surface area contributed by atoms with E-state index >= 15 is 0 Å². The van der Waals surface area contributed by atoms with Gasteiger partial charge in [0.15, 0.2) is 0 Å². The summed E-state index contributed by atoms with van der Waals surface area (Å²) in [4.78, 5) is 35.8. The van der Waals surface area contributed by atoms with Crippen molar-refractivity contribution < 1.29 is 24.1 Å². The second-order valence-corrected chi connectivity index (χ2v) is 10.1. The lowest BCUT2D eigenvalue weighted by Crippen LogP contribution is -2.14. The largest absolute Gasteiger partial charge is 0.496 e. The van der Waals surface area contributed by atoms with Crippen LogP contribution in [0.25, 0.3) is 39.1 Å². The fraction of sp³-hybridized carbons (Fsp3) is 0.258. The molecule has 0 aliphatic rings. The number of aryl methyl sites for hydroxylation is 2. The number of anilines is 2. The number of methoxy groups -OCH3 is 1. The van der Waals surface area contributed by atoms with Crippen molar-refractivity contribution in [3.05, 3.63) is 65.8 Å². The summed E-state index contributed by atoms with van der Waals surface area (Å²) in [6, 6.07) is 11.1. The molecule has 3 heterocycles. The molecule has 5 N–H and O–H groups in total. The number of amides is 2. The molecule has 0 aliphatic carbocycles. The van der Waals surface area contributed by atoms with Crippen molar-refractivity contribution in [3.63, 3.8) is 0 Å². The number of aromatic amines is 1. The summed E-state index contributed by atoms with van der Waals surface area (Å²) in [6.45, 7) is 4.48. The van der Waals surface area contributed by atoms with Gasteiger partial charge in [-0.3, -0.25) is 14.8 Å². The standard InChI is InChI=1S/C31H33N7O5/c1-18-28(19(2)43-38-18)23-15-24-22(16-25(23)42-3)29-30(33-17-34-31(29)36-24)32-14-6-4-5-7-26(39)35-21-11-8-20(9-12-21)10-13-27(40)37-41/h8-13,15-17,41H,4-7,14H2,1-3H3,(H,35,39)(H,37,40)(H2,32,33,34,36)/b13-10+. The molecule has 0 atom stereocenters. The molecule has 0 aliphatic heterocycles. The monoisotopic (exact) mass is 583 g/mol. The lowest BCUT2D eigenvalue weighted by molar-refractivity contribution is -0.124. The Morgan fingerprint density at radius 3 is 2.63 bits per heavy atom. The number of hydroxylamine groups is 1. The number of fused-ring (bicyclic) bond motifs is 3. The first-order valence-electron chi connectivity index (χ1n) is 13.9. The van der Waals surface area contributed by atoms with Gasteiger partial charge in [0.05, 0.1) is 23.8 Å². The summed E-state index contributed by atoms with van der Waals surface area (Å²) in [6.07, 6.45) is 7.20. The Morgan fingerprint density at radius 2 is 1.91 bits per heavy atom. The van der Waals surface area contributed by atoms with Crippen LogP contribution < -0.4 is 20.9 Å². The Bertz CT molecular complexity index is 1770. The van der Waals surface area contributed by atoms with Crippen molar-refractivity contribution in [2.75, 3.05) is 24.3 Å². The van der Waals surface area contributed by atoms with Gasteiger partial charge in [0.2, 0.25) is 5.91 Å². The first-order chi connectivity index (χ1) is 20.9. The molecule has 222 valence electrons. The van der Waals surface area contributed by atoms with Crippen molar-refractivity contribution in [1.82, 2.24) is 25.6 Å². The predicted molar refractivity (Wildman–Crippen MR) is 164 cm³/mol. The number of H-pyrrole nitrogens is 1. The molecule has 5 rings (SSSR count). The van der Waals surface area contributed by atoms with Crippen LogP contribution in [0.4, 0.5) is 11.5 Å². The SMILES string of the molecule is COc1cc2c(cc1-c1c(C)noc1C)[nH]c1ncnc(NCCCCCC(=O)Nc3ccc(/C=C/C(=O)NO)cc3)c12. The van der Waals surface area contributed by atoms with E-state index in [9.17, 15) is 9.59 Å². The van der Waals surface area contributed by atoms with Crippen molar-refractivity contribution >= 4 is 51.3 Å². The number of rotatable bonds is 12. The van der Waals surface area contributed by atoms with E-state index in [-0.39, 0.29) is 5.91 Å². The Kier molecular flexibility index (Phi) is 8.96. The summed E-state index contributed by atoms with van der Waals surface area (Å²) in [5.41, 5.74) is 7.20. The maximum Gasteiger partial charge on any atom is 0.267 e. The molecule has 0 radical (unpaired) electrons. The molecule has 0 fully saturated rings. The summed E-state index contributed by atoms with van der Waals surface area (Å²) in [7, 11) is 1.64. The molecule has 43 heavy (non-hydrogen) atoms. The number of aromatic nitrogens is 4. The summed E-state index contributed by atoms with van der Waals surface area (Å²) >= 11 is 0. The van der Waals surface area contributed by atoms with Crippen LogP contribution >= 0.6 is 0 Å². The van der Waals surface area contributed by atoms with Crippen LogP contribution in [0, 0.1) is 13.8 Å². The molecule has 5 aromatic rings. The molecule has 12 nitrogen and oxygen atoms in total. The predicted octanol–water partition coefficient (Wildman–Crippen LogP) is 5.52. The van der Waals surface area contributed by atoms with Crippen molar-refractivity contribution in [3.8, 4) is 16.9 Å². The lowest BCUT2D eigenvalue weighted by atomic mass is 10.0. The van der Waals surface area contributed by atoms with Crippen LogP contribution in [-0.2, 0) is 9.59 Å². The van der Waals surface area contributed by atoms with Gasteiger partial charge in [0.25, 0.3) is 5.91 Å². The molecule has 12 heteroatoms. The van der Waals surface area contributed by atoms with Crippen molar-refractivity contribution in [1.29, 1.82) is 0 Å². The second-order valence-electron chi connectivity index (χ2n) is 10.1. The minimum atomic E-state index is -0.611. The second kappa shape index (κ2) is 13.2. The lowest BCUT2D eigenvalue weighted by Gasteiger charge is -2.10. The fourth-order valence-electron chi connectivity index (χ4n) is 5.02. The first kappa shape index (κ1) is 29.3. The number of unbranched alkanes of at least 4 members (excludes halogenated alkanes) is 2. The molecule has 2 amide bonds. The van der Waals surface area contributed by atoms with Gasteiger partial charge in [-0.2, -0.15) is 0 Å². The third-order valence-corrected chi connectivity index (χ3v) is 7.12. The van der Waals surface area contributed by atoms with E-state index in [1.54, 1.807) is 37.5 Å². The number of benzene rings is 2.